The molecule has 19 heavy (non-hydrogen) atoms. The number of ether oxygens (including phenoxy) is 1. The summed E-state index contributed by atoms with van der Waals surface area (Å²) in [5, 5.41) is 12.1. The number of amidine groups is 1. The Morgan fingerprint density at radius 1 is 1.53 bits per heavy atom. The van der Waals surface area contributed by atoms with E-state index in [1.54, 1.807) is 7.11 Å². The Bertz CT molecular complexity index is 474. The third-order valence-corrected chi connectivity index (χ3v) is 3.65. The number of nitrogens with zero attached hydrogens (tertiary/aromatic N) is 2. The van der Waals surface area contributed by atoms with Crippen LogP contribution in [0.2, 0.25) is 0 Å². The van der Waals surface area contributed by atoms with Gasteiger partial charge >= 0.3 is 0 Å². The molecule has 0 aliphatic carbocycles. The predicted molar refractivity (Wildman–Crippen MR) is 75.9 cm³/mol. The van der Waals surface area contributed by atoms with Gasteiger partial charge in [0.25, 0.3) is 0 Å². The summed E-state index contributed by atoms with van der Waals surface area (Å²) in [6.07, 6.45) is 2.41. The van der Waals surface area contributed by atoms with Gasteiger partial charge in [0.05, 0.1) is 11.8 Å². The standard InChI is InChI=1S/C14H21N3O2/c1-10-5-3-7-12(14(15)16-18)13(10)17-8-4-6-11(9-17)19-2/h3,5,7,11,18H,4,6,8-9H2,1-2H3,(H2,15,16). The molecule has 2 rings (SSSR count). The zero-order chi connectivity index (χ0) is 13.8. The average molecular weight is 263 g/mol. The summed E-state index contributed by atoms with van der Waals surface area (Å²) in [5.74, 6) is 0.151. The van der Waals surface area contributed by atoms with E-state index in [0.29, 0.717) is 0 Å². The molecule has 0 saturated carbocycles. The summed E-state index contributed by atoms with van der Waals surface area (Å²) in [4.78, 5) is 2.26. The fraction of sp³-hybridized carbons (Fsp3) is 0.500. The molecular weight excluding hydrogens is 242 g/mol. The van der Waals surface area contributed by atoms with E-state index in [4.69, 9.17) is 15.7 Å². The molecule has 0 radical (unpaired) electrons. The van der Waals surface area contributed by atoms with Crippen molar-refractivity contribution in [1.29, 1.82) is 0 Å². The van der Waals surface area contributed by atoms with E-state index in [1.807, 2.05) is 25.1 Å². The molecule has 1 atom stereocenters. The van der Waals surface area contributed by atoms with E-state index in [2.05, 4.69) is 10.1 Å². The summed E-state index contributed by atoms with van der Waals surface area (Å²) < 4.78 is 5.46. The molecule has 104 valence electrons. The zero-order valence-electron chi connectivity index (χ0n) is 11.5. The van der Waals surface area contributed by atoms with Crippen molar-refractivity contribution < 1.29 is 9.94 Å². The Morgan fingerprint density at radius 3 is 3.00 bits per heavy atom. The molecule has 1 unspecified atom stereocenters. The van der Waals surface area contributed by atoms with E-state index in [9.17, 15) is 0 Å². The normalized spacial score (nSPS) is 20.6. The Labute approximate surface area is 113 Å². The Morgan fingerprint density at radius 2 is 2.32 bits per heavy atom. The van der Waals surface area contributed by atoms with Gasteiger partial charge in [-0.1, -0.05) is 17.3 Å². The van der Waals surface area contributed by atoms with Gasteiger partial charge in [-0.3, -0.25) is 0 Å². The van der Waals surface area contributed by atoms with Gasteiger partial charge in [-0.25, -0.2) is 0 Å². The van der Waals surface area contributed by atoms with Crippen LogP contribution >= 0.6 is 0 Å². The number of anilines is 1. The molecule has 0 amide bonds. The van der Waals surface area contributed by atoms with Crippen molar-refractivity contribution in [2.75, 3.05) is 25.1 Å². The molecule has 1 aromatic rings. The van der Waals surface area contributed by atoms with Crippen LogP contribution < -0.4 is 10.6 Å². The Balaban J connectivity index is 2.37. The highest BCUT2D eigenvalue weighted by atomic mass is 16.5. The first-order valence-corrected chi connectivity index (χ1v) is 6.52. The lowest BCUT2D eigenvalue weighted by Crippen LogP contribution is -2.40. The number of rotatable bonds is 3. The Hall–Kier alpha value is -1.75. The number of para-hydroxylation sites is 1. The second-order valence-electron chi connectivity index (χ2n) is 4.90. The molecule has 5 nitrogen and oxygen atoms in total. The molecule has 0 spiro atoms. The molecule has 3 N–H and O–H groups in total. The number of hydrogen-bond donors (Lipinski definition) is 2. The molecule has 1 saturated heterocycles. The minimum absolute atomic E-state index is 0.151. The van der Waals surface area contributed by atoms with Crippen LogP contribution in [0.1, 0.15) is 24.0 Å². The van der Waals surface area contributed by atoms with Gasteiger partial charge in [-0.15, -0.1) is 0 Å². The average Bonchev–Trinajstić information content (AvgIpc) is 2.46. The monoisotopic (exact) mass is 263 g/mol. The highest BCUT2D eigenvalue weighted by Crippen LogP contribution is 2.28. The number of methoxy groups -OCH3 is 1. The van der Waals surface area contributed by atoms with Crippen LogP contribution in [0.4, 0.5) is 5.69 Å². The SMILES string of the molecule is COC1CCCN(c2c(C)cccc2/C(N)=N/O)C1. The zero-order valence-corrected chi connectivity index (χ0v) is 11.5. The molecule has 1 heterocycles. The number of hydrogen-bond acceptors (Lipinski definition) is 4. The van der Waals surface area contributed by atoms with Crippen molar-refractivity contribution in [3.8, 4) is 0 Å². The van der Waals surface area contributed by atoms with Crippen molar-refractivity contribution in [3.63, 3.8) is 0 Å². The second-order valence-corrected chi connectivity index (χ2v) is 4.90. The van der Waals surface area contributed by atoms with Gasteiger partial charge in [0.2, 0.25) is 0 Å². The van der Waals surface area contributed by atoms with Crippen molar-refractivity contribution >= 4 is 11.5 Å². The number of piperidine rings is 1. The lowest BCUT2D eigenvalue weighted by molar-refractivity contribution is 0.0893. The maximum Gasteiger partial charge on any atom is 0.172 e. The minimum atomic E-state index is 0.151. The van der Waals surface area contributed by atoms with Crippen LogP contribution in [0.15, 0.2) is 23.4 Å². The number of aryl methyl sites for hydroxylation is 1. The van der Waals surface area contributed by atoms with E-state index >= 15 is 0 Å². The van der Waals surface area contributed by atoms with Gasteiger partial charge in [0.1, 0.15) is 0 Å². The minimum Gasteiger partial charge on any atom is -0.409 e. The van der Waals surface area contributed by atoms with Crippen molar-refractivity contribution in [2.45, 2.75) is 25.9 Å². The first-order valence-electron chi connectivity index (χ1n) is 6.52. The van der Waals surface area contributed by atoms with E-state index in [0.717, 1.165) is 42.7 Å². The van der Waals surface area contributed by atoms with E-state index in [-0.39, 0.29) is 11.9 Å². The van der Waals surface area contributed by atoms with Crippen LogP contribution in [0.25, 0.3) is 0 Å². The summed E-state index contributed by atoms with van der Waals surface area (Å²) in [5.41, 5.74) is 8.72. The maximum atomic E-state index is 8.92. The third kappa shape index (κ3) is 2.81. The molecule has 1 aliphatic rings. The van der Waals surface area contributed by atoms with Gasteiger partial charge in [-0.2, -0.15) is 0 Å². The maximum absolute atomic E-state index is 8.92. The van der Waals surface area contributed by atoms with Gasteiger partial charge in [0.15, 0.2) is 5.84 Å². The molecule has 1 fully saturated rings. The van der Waals surface area contributed by atoms with E-state index in [1.165, 1.54) is 0 Å². The van der Waals surface area contributed by atoms with Crippen LogP contribution in [-0.2, 0) is 4.74 Å². The summed E-state index contributed by atoms with van der Waals surface area (Å²) >= 11 is 0. The summed E-state index contributed by atoms with van der Waals surface area (Å²) in [7, 11) is 1.75. The predicted octanol–water partition coefficient (Wildman–Crippen LogP) is 1.70. The lowest BCUT2D eigenvalue weighted by atomic mass is 10.0. The quantitative estimate of drug-likeness (QED) is 0.377. The first-order chi connectivity index (χ1) is 9.17. The molecule has 5 heteroatoms. The number of nitrogens with two attached hydrogens (primary N) is 1. The van der Waals surface area contributed by atoms with Crippen LogP contribution in [0, 0.1) is 6.92 Å². The molecule has 0 aromatic heterocycles. The van der Waals surface area contributed by atoms with Crippen molar-refractivity contribution in [1.82, 2.24) is 0 Å². The second kappa shape index (κ2) is 5.93. The Kier molecular flexibility index (Phi) is 4.27. The van der Waals surface area contributed by atoms with Crippen molar-refractivity contribution in [3.05, 3.63) is 29.3 Å². The number of benzene rings is 1. The van der Waals surface area contributed by atoms with Crippen LogP contribution in [-0.4, -0.2) is 37.3 Å². The van der Waals surface area contributed by atoms with Gasteiger partial charge in [0, 0.05) is 25.8 Å². The van der Waals surface area contributed by atoms with Crippen LogP contribution in [0.5, 0.6) is 0 Å². The number of oxime groups is 1. The molecule has 1 aromatic carbocycles. The van der Waals surface area contributed by atoms with Crippen LogP contribution in [0.3, 0.4) is 0 Å². The fourth-order valence-corrected chi connectivity index (χ4v) is 2.67. The highest BCUT2D eigenvalue weighted by Gasteiger charge is 2.23. The lowest BCUT2D eigenvalue weighted by Gasteiger charge is -2.35. The molecular formula is C14H21N3O2. The smallest absolute Gasteiger partial charge is 0.172 e. The van der Waals surface area contributed by atoms with Gasteiger partial charge in [-0.05, 0) is 31.4 Å². The molecule has 1 aliphatic heterocycles. The summed E-state index contributed by atoms with van der Waals surface area (Å²) in [6, 6.07) is 5.84. The fourth-order valence-electron chi connectivity index (χ4n) is 2.67. The third-order valence-electron chi connectivity index (χ3n) is 3.65. The topological polar surface area (TPSA) is 71.1 Å². The summed E-state index contributed by atoms with van der Waals surface area (Å²) in [6.45, 7) is 3.85. The molecule has 0 bridgehead atoms. The largest absolute Gasteiger partial charge is 0.409 e. The van der Waals surface area contributed by atoms with Crippen molar-refractivity contribution in [2.24, 2.45) is 10.9 Å². The first kappa shape index (κ1) is 13.7. The van der Waals surface area contributed by atoms with E-state index < -0.39 is 0 Å². The van der Waals surface area contributed by atoms with Gasteiger partial charge < -0.3 is 20.6 Å². The highest BCUT2D eigenvalue weighted by molar-refractivity contribution is 6.02.